The summed E-state index contributed by atoms with van der Waals surface area (Å²) in [6.45, 7) is 5.36. The van der Waals surface area contributed by atoms with Gasteiger partial charge in [-0.1, -0.05) is 102 Å². The highest BCUT2D eigenvalue weighted by Crippen LogP contribution is 2.28. The molecule has 0 spiro atoms. The van der Waals surface area contributed by atoms with Crippen LogP contribution in [0.15, 0.2) is 90.2 Å². The number of guanidine groups is 2. The zero-order valence-corrected chi connectivity index (χ0v) is 78.0. The van der Waals surface area contributed by atoms with E-state index in [9.17, 15) is 58.2 Å². The highest BCUT2D eigenvalue weighted by Gasteiger charge is 2.47. The molecule has 3 saturated heterocycles. The second-order valence-corrected chi connectivity index (χ2v) is 35.5. The molecular weight excluding hydrogens is 1770 g/mol. The molecule has 0 radical (unpaired) electrons. The standard InChI is InChI=1S/C89H130N26O19S/c1-9-11-24-67-80(127)103-58(23-17-31-97-88(93)94)76(123)110-66(75(122)100-42-72(92)119)45-135-46-73(120)102-61(34-49-27-29-52(30-28-49)101-89(95)96)83(130)111(6)48(5)74(121)105-63(38-71(91)118)85(132)114-32-18-26-68(114)81(128)108-64(39-90)78(125)106-60(33-47(3)4)86(133)115-43-53(117)37-70(115)82(129)104-59(35-50-40-98-56-21-15-13-19-54(50)56)77(124)109-65(44-116)79(126)107-62(36-51-41-99-57-22-16-14-20-55(51)57)84(131)113(8)69(25-12-10-2)87(134)112(67)7/h13-16,19-22,27-30,40-41,47-48,53,58-70,98-99,116-117H,9-12,17-18,23-26,31-39,42-46,90H2,1-8H3,(H2,91,118)(H2,92,119)(H,100,122)(H,102,120)(H,103,127)(H,104,129)(H,105,121)(H,106,125)(H,107,126)(H,108,128)(H,109,124)(H,110,123)(H4,93,94,97)(H4,95,96,101)/t48-,53+,58-,59-,60-,61-,62-,63-,64-,65-,66-,67-,68-,69-,70?/m0/s1. The van der Waals surface area contributed by atoms with Crippen molar-refractivity contribution in [3.05, 3.63) is 102 Å². The van der Waals surface area contributed by atoms with Gasteiger partial charge in [-0.15, -0.1) is 11.8 Å². The van der Waals surface area contributed by atoms with Crippen molar-refractivity contribution in [2.45, 2.75) is 228 Å². The summed E-state index contributed by atoms with van der Waals surface area (Å²) >= 11 is 0.759. The summed E-state index contributed by atoms with van der Waals surface area (Å²) in [6, 6.07) is -1.81. The van der Waals surface area contributed by atoms with Gasteiger partial charge in [0.25, 0.3) is 0 Å². The summed E-state index contributed by atoms with van der Waals surface area (Å²) in [5.74, 6) is -18.3. The Morgan fingerprint density at radius 3 is 1.67 bits per heavy atom. The molecular formula is C89H130N26O19S. The summed E-state index contributed by atoms with van der Waals surface area (Å²) < 4.78 is 0. The number of aliphatic hydroxyl groups is 2. The number of aliphatic imine (C=N–C) groups is 1. The first-order valence-electron chi connectivity index (χ1n) is 45.1. The van der Waals surface area contributed by atoms with Gasteiger partial charge in [0.15, 0.2) is 11.9 Å². The number of carbonyl (C=O) groups excluding carboxylic acids is 17. The van der Waals surface area contributed by atoms with Gasteiger partial charge >= 0.3 is 0 Å². The number of aromatic nitrogens is 2. The largest absolute Gasteiger partial charge is 0.394 e. The van der Waals surface area contributed by atoms with Crippen molar-refractivity contribution in [2.24, 2.45) is 45.3 Å². The molecule has 135 heavy (non-hydrogen) atoms. The minimum atomic E-state index is -1.89. The molecule has 3 aliphatic heterocycles. The molecule has 0 saturated carbocycles. The fraction of sp³-hybridized carbons (Fsp3) is 0.539. The molecule has 45 nitrogen and oxygen atoms in total. The average molecular weight is 1900 g/mol. The van der Waals surface area contributed by atoms with Crippen LogP contribution in [0.4, 0.5) is 5.69 Å². The van der Waals surface area contributed by atoms with Crippen LogP contribution in [0.25, 0.3) is 21.8 Å². The fourth-order valence-electron chi connectivity index (χ4n) is 16.4. The SMILES string of the molecule is CCCC[C@H]1C(=O)N(C)[C@@H](CCCC)C(=O)N[C@@H](CCCNC(=N)N)C(=O)N[C@H](C(=O)NCC(N)=O)CSCC(=O)N[C@@H](Cc2ccc(N=C(N)N)cc2)C(=O)N(C)[C@@H](C)C(=O)N[C@@H](CC(N)=O)C(=O)N2CCC[C@H]2C(=O)N[C@@H](CN)C(=O)N[C@@H](CC(C)C)C(=O)N2C[C@H](O)CC2C(=O)N[C@@H](Cc2c[nH]c3ccccc23)C(=O)N[C@@H](CO)C(=O)N[C@@H](Cc2c[nH]c3ccccc23)C(=O)N1C. The van der Waals surface area contributed by atoms with Gasteiger partial charge in [-0.2, -0.15) is 0 Å². The van der Waals surface area contributed by atoms with Gasteiger partial charge in [-0.3, -0.25) is 86.9 Å². The van der Waals surface area contributed by atoms with Crippen LogP contribution in [0.2, 0.25) is 0 Å². The number of H-pyrrole nitrogens is 2. The van der Waals surface area contributed by atoms with Gasteiger partial charge in [0.2, 0.25) is 100 Å². The number of amides is 17. The van der Waals surface area contributed by atoms with Crippen LogP contribution < -0.4 is 92.9 Å². The van der Waals surface area contributed by atoms with E-state index in [4.69, 9.17) is 39.8 Å². The number of aromatic amines is 2. The fourth-order valence-corrected chi connectivity index (χ4v) is 17.3. The van der Waals surface area contributed by atoms with Crippen LogP contribution in [-0.4, -0.2) is 320 Å². The number of fused-ring (bicyclic) bond motifs is 4. The third-order valence-corrected chi connectivity index (χ3v) is 24.9. The quantitative estimate of drug-likeness (QED) is 0.0140. The Morgan fingerprint density at radius 1 is 0.548 bits per heavy atom. The van der Waals surface area contributed by atoms with Crippen LogP contribution in [0.1, 0.15) is 135 Å². The van der Waals surface area contributed by atoms with Crippen molar-refractivity contribution < 1.29 is 91.7 Å². The molecule has 0 aliphatic carbocycles. The van der Waals surface area contributed by atoms with Gasteiger partial charge in [0.1, 0.15) is 84.6 Å². The second-order valence-electron chi connectivity index (χ2n) is 34.5. The number of nitrogens with one attached hydrogen (secondary N) is 14. The van der Waals surface area contributed by atoms with Crippen molar-refractivity contribution in [3.63, 3.8) is 0 Å². The topological polar surface area (TPSA) is 703 Å². The van der Waals surface area contributed by atoms with Crippen molar-refractivity contribution in [2.75, 3.05) is 72.0 Å². The molecule has 1 unspecified atom stereocenters. The normalized spacial score (nSPS) is 24.7. The first-order chi connectivity index (χ1) is 64.2. The Kier molecular flexibility index (Phi) is 40.4. The number of hydrogen-bond acceptors (Lipinski definition) is 23. The van der Waals surface area contributed by atoms with E-state index < -0.39 is 248 Å². The van der Waals surface area contributed by atoms with Crippen LogP contribution in [0, 0.1) is 11.3 Å². The Bertz CT molecular complexity index is 5100. The number of nitrogens with two attached hydrogens (primary N) is 6. The van der Waals surface area contributed by atoms with Crippen molar-refractivity contribution in [1.29, 1.82) is 5.41 Å². The highest BCUT2D eigenvalue weighted by atomic mass is 32.2. The van der Waals surface area contributed by atoms with E-state index in [1.165, 1.54) is 40.2 Å². The molecule has 8 rings (SSSR count). The van der Waals surface area contributed by atoms with E-state index in [-0.39, 0.29) is 89.2 Å². The molecule has 5 aromatic rings. The first-order valence-corrected chi connectivity index (χ1v) is 46.2. The number of primary amides is 2. The predicted molar refractivity (Wildman–Crippen MR) is 500 cm³/mol. The van der Waals surface area contributed by atoms with Crippen LogP contribution >= 0.6 is 11.8 Å². The van der Waals surface area contributed by atoms with Crippen LogP contribution in [-0.2, 0) is 101 Å². The molecule has 736 valence electrons. The number of rotatable bonds is 26. The van der Waals surface area contributed by atoms with Gasteiger partial charge in [0.05, 0.1) is 37.1 Å². The minimum Gasteiger partial charge on any atom is -0.394 e. The van der Waals surface area contributed by atoms with E-state index >= 15 is 33.6 Å². The summed E-state index contributed by atoms with van der Waals surface area (Å²) in [6.07, 6.45) is 1.22. The number of likely N-dealkylation sites (N-methyl/N-ethyl adjacent to an activating group) is 3. The lowest BCUT2D eigenvalue weighted by Gasteiger charge is -2.36. The lowest BCUT2D eigenvalue weighted by Crippen LogP contribution is -2.62. The molecule has 46 heteroatoms. The number of carbonyl (C=O) groups is 17. The van der Waals surface area contributed by atoms with Gasteiger partial charge < -0.3 is 138 Å². The number of hydrogen-bond donors (Lipinski definition) is 22. The van der Waals surface area contributed by atoms with Crippen LogP contribution in [0.5, 0.6) is 0 Å². The van der Waals surface area contributed by atoms with Gasteiger partial charge in [-0.25, -0.2) is 4.99 Å². The summed E-state index contributed by atoms with van der Waals surface area (Å²) in [4.78, 5) is 265. The van der Waals surface area contributed by atoms with E-state index in [1.54, 1.807) is 86.9 Å². The monoisotopic (exact) mass is 1900 g/mol. The molecule has 17 amide bonds. The van der Waals surface area contributed by atoms with E-state index in [0.29, 0.717) is 69.9 Å². The minimum absolute atomic E-state index is 0.0143. The Hall–Kier alpha value is -13.5. The molecule has 28 N–H and O–H groups in total. The maximum atomic E-state index is 15.7. The maximum Gasteiger partial charge on any atom is 0.246 e. The second kappa shape index (κ2) is 51.1. The predicted octanol–water partition coefficient (Wildman–Crippen LogP) is -4.74. The zero-order valence-electron chi connectivity index (χ0n) is 77.2. The number of thioether (sulfide) groups is 1. The van der Waals surface area contributed by atoms with E-state index in [2.05, 4.69) is 73.4 Å². The van der Waals surface area contributed by atoms with Crippen molar-refractivity contribution in [1.82, 2.24) is 93.0 Å². The lowest BCUT2D eigenvalue weighted by molar-refractivity contribution is -0.149. The van der Waals surface area contributed by atoms with Crippen LogP contribution in [0.3, 0.4) is 0 Å². The first kappa shape index (κ1) is 107. The van der Waals surface area contributed by atoms with Crippen molar-refractivity contribution >= 4 is 152 Å². The number of unbranched alkanes of at least 4 members (excludes halogenated alkanes) is 2. The third kappa shape index (κ3) is 30.3. The lowest BCUT2D eigenvalue weighted by atomic mass is 10.00. The van der Waals surface area contributed by atoms with E-state index in [0.717, 1.165) is 36.3 Å². The average Bonchev–Trinajstić information content (AvgIpc) is 1.59. The Morgan fingerprint density at radius 2 is 1.07 bits per heavy atom. The number of para-hydroxylation sites is 2. The Balaban J connectivity index is 1.19. The molecule has 3 aromatic carbocycles. The molecule has 0 bridgehead atoms. The van der Waals surface area contributed by atoms with E-state index in [1.807, 2.05) is 13.8 Å². The third-order valence-electron chi connectivity index (χ3n) is 23.8. The Labute approximate surface area is 785 Å². The summed E-state index contributed by atoms with van der Waals surface area (Å²) in [5, 5.41) is 60.5. The summed E-state index contributed by atoms with van der Waals surface area (Å²) in [7, 11) is 3.89. The zero-order chi connectivity index (χ0) is 99.2. The van der Waals surface area contributed by atoms with Crippen molar-refractivity contribution in [3.8, 4) is 0 Å². The molecule has 3 fully saturated rings. The molecule has 2 aromatic heterocycles. The smallest absolute Gasteiger partial charge is 0.246 e. The van der Waals surface area contributed by atoms with Gasteiger partial charge in [0, 0.05) is 113 Å². The highest BCUT2D eigenvalue weighted by molar-refractivity contribution is 8.00. The van der Waals surface area contributed by atoms with Gasteiger partial charge in [-0.05, 0) is 98.7 Å². The number of aliphatic hydroxyl groups excluding tert-OH is 2. The maximum absolute atomic E-state index is 15.7. The molecule has 15 atom stereocenters. The molecule has 3 aliphatic rings. The summed E-state index contributed by atoms with van der Waals surface area (Å²) in [5.41, 5.74) is 37.2. The number of nitrogens with zero attached hydrogens (tertiary/aromatic N) is 6. The number of benzene rings is 3. The molecule has 5 heterocycles.